The third-order valence-electron chi connectivity index (χ3n) is 4.32. The smallest absolute Gasteiger partial charge is 0.314 e. The van der Waals surface area contributed by atoms with E-state index < -0.39 is 6.03 Å². The maximum Gasteiger partial charge on any atom is 0.314 e. The monoisotopic (exact) mass is 311 g/mol. The third-order valence-corrected chi connectivity index (χ3v) is 4.32. The first kappa shape index (κ1) is 15.3. The molecule has 1 saturated heterocycles. The normalized spacial score (nSPS) is 17.4. The molecule has 3 amide bonds. The highest BCUT2D eigenvalue weighted by molar-refractivity contribution is 5.83. The fraction of sp³-hybridized carbons (Fsp3) is 0.333. The summed E-state index contributed by atoms with van der Waals surface area (Å²) in [5, 5.41) is 5.38. The van der Waals surface area contributed by atoms with E-state index in [1.807, 2.05) is 12.1 Å². The number of hydrogen-bond acceptors (Lipinski definition) is 2. The largest absolute Gasteiger partial charge is 0.352 e. The summed E-state index contributed by atoms with van der Waals surface area (Å²) in [5.74, 6) is 0.0227. The van der Waals surface area contributed by atoms with Crippen LogP contribution >= 0.6 is 0 Å². The average Bonchev–Trinajstić information content (AvgIpc) is 3.01. The fourth-order valence-electron chi connectivity index (χ4n) is 3.03. The molecule has 0 radical (unpaired) electrons. The Hall–Kier alpha value is -2.56. The van der Waals surface area contributed by atoms with E-state index in [0.29, 0.717) is 25.9 Å². The number of nitrogens with one attached hydrogen (secondary N) is 1. The van der Waals surface area contributed by atoms with Crippen LogP contribution in [0.2, 0.25) is 0 Å². The van der Waals surface area contributed by atoms with Crippen molar-refractivity contribution in [3.63, 3.8) is 0 Å². The first-order valence-electron chi connectivity index (χ1n) is 7.93. The first-order chi connectivity index (χ1) is 11.1. The van der Waals surface area contributed by atoms with Crippen LogP contribution in [0.1, 0.15) is 18.4 Å². The van der Waals surface area contributed by atoms with Gasteiger partial charge in [0.15, 0.2) is 0 Å². The number of nitrogens with zero attached hydrogens (tertiary/aromatic N) is 1. The van der Waals surface area contributed by atoms with Crippen molar-refractivity contribution < 1.29 is 9.59 Å². The maximum atomic E-state index is 12.1. The molecule has 3 N–H and O–H groups in total. The Balaban J connectivity index is 1.51. The van der Waals surface area contributed by atoms with Gasteiger partial charge in [-0.25, -0.2) is 4.79 Å². The molecule has 1 fully saturated rings. The van der Waals surface area contributed by atoms with Gasteiger partial charge in [0, 0.05) is 25.6 Å². The van der Waals surface area contributed by atoms with Crippen LogP contribution in [0.5, 0.6) is 0 Å². The summed E-state index contributed by atoms with van der Waals surface area (Å²) in [4.78, 5) is 24.7. The van der Waals surface area contributed by atoms with E-state index in [-0.39, 0.29) is 11.9 Å². The van der Waals surface area contributed by atoms with Crippen LogP contribution in [0, 0.1) is 0 Å². The van der Waals surface area contributed by atoms with E-state index in [0.717, 1.165) is 12.0 Å². The Bertz CT molecular complexity index is 729. The van der Waals surface area contributed by atoms with Crippen molar-refractivity contribution in [2.24, 2.45) is 5.73 Å². The minimum atomic E-state index is -0.419. The highest BCUT2D eigenvalue weighted by atomic mass is 16.2. The summed E-state index contributed by atoms with van der Waals surface area (Å²) in [6.45, 7) is 1.13. The molecule has 0 bridgehead atoms. The van der Waals surface area contributed by atoms with Crippen LogP contribution in [-0.2, 0) is 11.2 Å². The van der Waals surface area contributed by atoms with Gasteiger partial charge in [0.25, 0.3) is 0 Å². The van der Waals surface area contributed by atoms with Crippen LogP contribution in [-0.4, -0.2) is 36.0 Å². The Morgan fingerprint density at radius 1 is 1.17 bits per heavy atom. The lowest BCUT2D eigenvalue weighted by Gasteiger charge is -2.14. The predicted molar refractivity (Wildman–Crippen MR) is 90.0 cm³/mol. The van der Waals surface area contributed by atoms with Crippen LogP contribution in [0.15, 0.2) is 42.5 Å². The molecule has 2 aromatic carbocycles. The van der Waals surface area contributed by atoms with E-state index in [1.54, 1.807) is 4.90 Å². The zero-order valence-electron chi connectivity index (χ0n) is 13.0. The molecule has 1 aliphatic rings. The van der Waals surface area contributed by atoms with Crippen LogP contribution in [0.25, 0.3) is 10.8 Å². The Morgan fingerprint density at radius 2 is 1.96 bits per heavy atom. The van der Waals surface area contributed by atoms with Crippen molar-refractivity contribution in [1.29, 1.82) is 0 Å². The SMILES string of the molecule is NC(=O)N1CC[C@@H](NC(=O)CCc2ccc3ccccc3c2)C1. The van der Waals surface area contributed by atoms with Crippen molar-refractivity contribution in [3.8, 4) is 0 Å². The number of amides is 3. The molecule has 5 heteroatoms. The van der Waals surface area contributed by atoms with E-state index in [2.05, 4.69) is 35.6 Å². The number of fused-ring (bicyclic) bond motifs is 1. The molecule has 23 heavy (non-hydrogen) atoms. The van der Waals surface area contributed by atoms with Crippen molar-refractivity contribution in [1.82, 2.24) is 10.2 Å². The lowest BCUT2D eigenvalue weighted by molar-refractivity contribution is -0.121. The minimum Gasteiger partial charge on any atom is -0.352 e. The molecule has 0 saturated carbocycles. The highest BCUT2D eigenvalue weighted by Gasteiger charge is 2.25. The van der Waals surface area contributed by atoms with Gasteiger partial charge in [0.2, 0.25) is 5.91 Å². The van der Waals surface area contributed by atoms with Crippen LogP contribution in [0.3, 0.4) is 0 Å². The van der Waals surface area contributed by atoms with E-state index in [4.69, 9.17) is 5.73 Å². The Morgan fingerprint density at radius 3 is 2.70 bits per heavy atom. The van der Waals surface area contributed by atoms with Gasteiger partial charge in [-0.15, -0.1) is 0 Å². The number of carbonyl (C=O) groups is 2. The van der Waals surface area contributed by atoms with Gasteiger partial charge in [-0.3, -0.25) is 4.79 Å². The van der Waals surface area contributed by atoms with Gasteiger partial charge in [0.05, 0.1) is 0 Å². The summed E-state index contributed by atoms with van der Waals surface area (Å²) in [6, 6.07) is 14.1. The minimum absolute atomic E-state index is 0.0200. The van der Waals surface area contributed by atoms with Crippen LogP contribution in [0.4, 0.5) is 4.79 Å². The molecule has 2 aromatic rings. The number of urea groups is 1. The molecule has 1 atom stereocenters. The number of primary amides is 1. The number of aryl methyl sites for hydroxylation is 1. The Kier molecular flexibility index (Phi) is 4.46. The van der Waals surface area contributed by atoms with Crippen LogP contribution < -0.4 is 11.1 Å². The van der Waals surface area contributed by atoms with Crippen molar-refractivity contribution in [2.45, 2.75) is 25.3 Å². The molecule has 5 nitrogen and oxygen atoms in total. The molecule has 0 unspecified atom stereocenters. The average molecular weight is 311 g/mol. The molecule has 0 aliphatic carbocycles. The van der Waals surface area contributed by atoms with Gasteiger partial charge in [0.1, 0.15) is 0 Å². The summed E-state index contributed by atoms with van der Waals surface area (Å²) >= 11 is 0. The molecular weight excluding hydrogens is 290 g/mol. The Labute approximate surface area is 135 Å². The summed E-state index contributed by atoms with van der Waals surface area (Å²) < 4.78 is 0. The highest BCUT2D eigenvalue weighted by Crippen LogP contribution is 2.16. The lowest BCUT2D eigenvalue weighted by Crippen LogP contribution is -2.40. The summed E-state index contributed by atoms with van der Waals surface area (Å²) in [6.07, 6.45) is 1.93. The summed E-state index contributed by atoms with van der Waals surface area (Å²) in [7, 11) is 0. The molecule has 3 rings (SSSR count). The maximum absolute atomic E-state index is 12.1. The zero-order valence-corrected chi connectivity index (χ0v) is 13.0. The molecule has 1 aliphatic heterocycles. The van der Waals surface area contributed by atoms with Crippen molar-refractivity contribution in [3.05, 3.63) is 48.0 Å². The lowest BCUT2D eigenvalue weighted by atomic mass is 10.0. The number of rotatable bonds is 4. The number of nitrogens with two attached hydrogens (primary N) is 1. The van der Waals surface area contributed by atoms with Gasteiger partial charge >= 0.3 is 6.03 Å². The summed E-state index contributed by atoms with van der Waals surface area (Å²) in [5.41, 5.74) is 6.40. The predicted octanol–water partition coefficient (Wildman–Crippen LogP) is 2.04. The second-order valence-corrected chi connectivity index (χ2v) is 6.02. The molecule has 0 aromatic heterocycles. The first-order valence-corrected chi connectivity index (χ1v) is 7.93. The van der Waals surface area contributed by atoms with E-state index >= 15 is 0 Å². The topological polar surface area (TPSA) is 75.4 Å². The van der Waals surface area contributed by atoms with Gasteiger partial charge in [-0.1, -0.05) is 42.5 Å². The third kappa shape index (κ3) is 3.80. The van der Waals surface area contributed by atoms with Gasteiger partial charge < -0.3 is 16.0 Å². The number of carbonyl (C=O) groups excluding carboxylic acids is 2. The number of hydrogen-bond donors (Lipinski definition) is 2. The second-order valence-electron chi connectivity index (χ2n) is 6.02. The standard InChI is InChI=1S/C18H21N3O2/c19-18(23)21-10-9-16(12-21)20-17(22)8-6-13-5-7-14-3-1-2-4-15(14)11-13/h1-5,7,11,16H,6,8-10,12H2,(H2,19,23)(H,20,22)/t16-/m1/s1. The molecule has 1 heterocycles. The number of likely N-dealkylation sites (tertiary alicyclic amines) is 1. The van der Waals surface area contributed by atoms with Crippen molar-refractivity contribution in [2.75, 3.05) is 13.1 Å². The van der Waals surface area contributed by atoms with E-state index in [1.165, 1.54) is 10.8 Å². The van der Waals surface area contributed by atoms with E-state index in [9.17, 15) is 9.59 Å². The second kappa shape index (κ2) is 6.69. The van der Waals surface area contributed by atoms with Gasteiger partial charge in [-0.05, 0) is 29.2 Å². The van der Waals surface area contributed by atoms with Crippen molar-refractivity contribution >= 4 is 22.7 Å². The number of benzene rings is 2. The quantitative estimate of drug-likeness (QED) is 0.906. The van der Waals surface area contributed by atoms with Gasteiger partial charge in [-0.2, -0.15) is 0 Å². The fourth-order valence-corrected chi connectivity index (χ4v) is 3.03. The molecule has 120 valence electrons. The zero-order chi connectivity index (χ0) is 16.2. The molecular formula is C18H21N3O2. The molecule has 0 spiro atoms.